The molecule has 0 unspecified atom stereocenters. The smallest absolute Gasteiger partial charge is 0.162 e. The Hall–Kier alpha value is -0.690. The molecule has 1 heterocycles. The van der Waals surface area contributed by atoms with Crippen LogP contribution >= 0.6 is 38.5 Å². The summed E-state index contributed by atoms with van der Waals surface area (Å²) in [5, 5.41) is 3.29. The monoisotopic (exact) mass is 431 g/mol. The molecule has 2 rings (SSSR count). The van der Waals surface area contributed by atoms with Gasteiger partial charge in [0, 0.05) is 16.6 Å². The number of halogens is 2. The van der Waals surface area contributed by atoms with Crippen molar-refractivity contribution < 1.29 is 0 Å². The zero-order chi connectivity index (χ0) is 14.0. The Morgan fingerprint density at radius 2 is 2.00 bits per heavy atom. The molecule has 100 valence electrons. The third kappa shape index (κ3) is 3.25. The minimum Gasteiger partial charge on any atom is -0.369 e. The molecule has 19 heavy (non-hydrogen) atoms. The van der Waals surface area contributed by atoms with Crippen molar-refractivity contribution in [2.75, 3.05) is 11.9 Å². The van der Waals surface area contributed by atoms with Crippen LogP contribution in [0.2, 0.25) is 0 Å². The van der Waals surface area contributed by atoms with Gasteiger partial charge in [-0.1, -0.05) is 15.9 Å². The molecular weight excluding hydrogens is 417 g/mol. The molecule has 0 saturated carbocycles. The molecule has 3 nitrogen and oxygen atoms in total. The van der Waals surface area contributed by atoms with Crippen LogP contribution in [-0.4, -0.2) is 16.5 Å². The fourth-order valence-corrected chi connectivity index (χ4v) is 2.75. The number of nitrogens with one attached hydrogen (secondary N) is 1. The number of rotatable bonds is 3. The predicted octanol–water partition coefficient (Wildman–Crippen LogP) is 4.56. The summed E-state index contributed by atoms with van der Waals surface area (Å²) < 4.78 is 2.15. The first-order chi connectivity index (χ1) is 9.02. The Balaban J connectivity index is 2.56. The van der Waals surface area contributed by atoms with E-state index in [2.05, 4.69) is 79.8 Å². The van der Waals surface area contributed by atoms with E-state index < -0.39 is 0 Å². The Labute approximate surface area is 135 Å². The zero-order valence-electron chi connectivity index (χ0n) is 11.1. The van der Waals surface area contributed by atoms with Crippen LogP contribution in [0, 0.1) is 17.4 Å². The van der Waals surface area contributed by atoms with Crippen LogP contribution in [0.4, 0.5) is 5.82 Å². The molecule has 0 atom stereocenters. The summed E-state index contributed by atoms with van der Waals surface area (Å²) in [5.41, 5.74) is 3.24. The fraction of sp³-hybridized carbons (Fsp3) is 0.286. The van der Waals surface area contributed by atoms with Crippen LogP contribution in [0.15, 0.2) is 22.7 Å². The summed E-state index contributed by atoms with van der Waals surface area (Å²) in [6.07, 6.45) is 0. The minimum atomic E-state index is 0.777. The maximum Gasteiger partial charge on any atom is 0.162 e. The van der Waals surface area contributed by atoms with Crippen molar-refractivity contribution >= 4 is 44.3 Å². The summed E-state index contributed by atoms with van der Waals surface area (Å²) in [5.74, 6) is 1.69. The van der Waals surface area contributed by atoms with Crippen molar-refractivity contribution in [2.24, 2.45) is 0 Å². The molecule has 2 aromatic rings. The van der Waals surface area contributed by atoms with Crippen molar-refractivity contribution in [3.63, 3.8) is 0 Å². The Morgan fingerprint density at radius 3 is 2.63 bits per heavy atom. The molecule has 0 aliphatic heterocycles. The molecule has 0 aliphatic carbocycles. The molecule has 1 aromatic carbocycles. The van der Waals surface area contributed by atoms with Crippen molar-refractivity contribution in [1.29, 1.82) is 0 Å². The van der Waals surface area contributed by atoms with E-state index in [1.807, 2.05) is 13.0 Å². The van der Waals surface area contributed by atoms with E-state index in [0.717, 1.165) is 43.1 Å². The number of hydrogen-bond acceptors (Lipinski definition) is 3. The standard InChI is InChI=1S/C14H15BrIN3/c1-4-17-14-12(16)9(3)18-13(19-14)11-6-5-10(15)7-8(11)2/h5-7H,4H2,1-3H3,(H,17,18,19). The second-order valence-corrected chi connectivity index (χ2v) is 6.28. The van der Waals surface area contributed by atoms with Gasteiger partial charge >= 0.3 is 0 Å². The second-order valence-electron chi connectivity index (χ2n) is 4.28. The lowest BCUT2D eigenvalue weighted by atomic mass is 10.1. The second kappa shape index (κ2) is 6.17. The molecule has 5 heteroatoms. The summed E-state index contributed by atoms with van der Waals surface area (Å²) in [6, 6.07) is 6.15. The van der Waals surface area contributed by atoms with Crippen LogP contribution in [0.3, 0.4) is 0 Å². The van der Waals surface area contributed by atoms with Gasteiger partial charge < -0.3 is 5.32 Å². The van der Waals surface area contributed by atoms with E-state index >= 15 is 0 Å². The molecule has 0 bridgehead atoms. The fourth-order valence-electron chi connectivity index (χ4n) is 1.84. The number of nitrogens with zero attached hydrogens (tertiary/aromatic N) is 2. The first-order valence-electron chi connectivity index (χ1n) is 6.07. The topological polar surface area (TPSA) is 37.8 Å². The van der Waals surface area contributed by atoms with E-state index in [9.17, 15) is 0 Å². The highest BCUT2D eigenvalue weighted by atomic mass is 127. The lowest BCUT2D eigenvalue weighted by molar-refractivity contribution is 1.06. The predicted molar refractivity (Wildman–Crippen MR) is 91.5 cm³/mol. The number of aromatic nitrogens is 2. The van der Waals surface area contributed by atoms with Crippen LogP contribution in [-0.2, 0) is 0 Å². The van der Waals surface area contributed by atoms with Gasteiger partial charge in [0.15, 0.2) is 5.82 Å². The number of hydrogen-bond donors (Lipinski definition) is 1. The summed E-state index contributed by atoms with van der Waals surface area (Å²) in [6.45, 7) is 7.01. The van der Waals surface area contributed by atoms with E-state index in [0.29, 0.717) is 0 Å². The van der Waals surface area contributed by atoms with Crippen molar-refractivity contribution in [3.05, 3.63) is 37.5 Å². The van der Waals surface area contributed by atoms with Crippen molar-refractivity contribution in [3.8, 4) is 11.4 Å². The quantitative estimate of drug-likeness (QED) is 0.724. The number of aryl methyl sites for hydroxylation is 2. The number of anilines is 1. The first kappa shape index (κ1) is 14.7. The van der Waals surface area contributed by atoms with E-state index in [1.54, 1.807) is 0 Å². The van der Waals surface area contributed by atoms with Gasteiger partial charge in [0.25, 0.3) is 0 Å². The molecule has 0 radical (unpaired) electrons. The van der Waals surface area contributed by atoms with Gasteiger partial charge in [0.05, 0.1) is 9.26 Å². The molecule has 0 saturated heterocycles. The van der Waals surface area contributed by atoms with E-state index in [1.165, 1.54) is 0 Å². The lowest BCUT2D eigenvalue weighted by Gasteiger charge is -2.11. The molecular formula is C14H15BrIN3. The van der Waals surface area contributed by atoms with Crippen molar-refractivity contribution in [1.82, 2.24) is 9.97 Å². The van der Waals surface area contributed by atoms with E-state index in [4.69, 9.17) is 0 Å². The minimum absolute atomic E-state index is 0.777. The van der Waals surface area contributed by atoms with Crippen LogP contribution in [0.1, 0.15) is 18.2 Å². The Morgan fingerprint density at radius 1 is 1.26 bits per heavy atom. The molecule has 0 fully saturated rings. The van der Waals surface area contributed by atoms with E-state index in [-0.39, 0.29) is 0 Å². The molecule has 1 N–H and O–H groups in total. The molecule has 1 aromatic heterocycles. The zero-order valence-corrected chi connectivity index (χ0v) is 14.8. The lowest BCUT2D eigenvalue weighted by Crippen LogP contribution is -2.06. The highest BCUT2D eigenvalue weighted by Crippen LogP contribution is 2.27. The number of benzene rings is 1. The van der Waals surface area contributed by atoms with Gasteiger partial charge in [-0.2, -0.15) is 0 Å². The largest absolute Gasteiger partial charge is 0.369 e. The normalized spacial score (nSPS) is 10.6. The van der Waals surface area contributed by atoms with Gasteiger partial charge in [-0.25, -0.2) is 9.97 Å². The van der Waals surface area contributed by atoms with Gasteiger partial charge in [0.1, 0.15) is 5.82 Å². The highest BCUT2D eigenvalue weighted by Gasteiger charge is 2.12. The summed E-state index contributed by atoms with van der Waals surface area (Å²) in [4.78, 5) is 9.24. The SMILES string of the molecule is CCNc1nc(-c2ccc(Br)cc2C)nc(C)c1I. The van der Waals surface area contributed by atoms with Crippen LogP contribution in [0.25, 0.3) is 11.4 Å². The van der Waals surface area contributed by atoms with Crippen LogP contribution < -0.4 is 5.32 Å². The highest BCUT2D eigenvalue weighted by molar-refractivity contribution is 14.1. The first-order valence-corrected chi connectivity index (χ1v) is 7.94. The molecule has 0 amide bonds. The maximum atomic E-state index is 4.64. The summed E-state index contributed by atoms with van der Waals surface area (Å²) in [7, 11) is 0. The Kier molecular flexibility index (Phi) is 4.78. The molecule has 0 spiro atoms. The summed E-state index contributed by atoms with van der Waals surface area (Å²) >= 11 is 5.76. The Bertz CT molecular complexity index is 614. The van der Waals surface area contributed by atoms with Gasteiger partial charge in [0.2, 0.25) is 0 Å². The van der Waals surface area contributed by atoms with Gasteiger partial charge in [-0.05, 0) is 67.1 Å². The van der Waals surface area contributed by atoms with Crippen molar-refractivity contribution in [2.45, 2.75) is 20.8 Å². The third-order valence-corrected chi connectivity index (χ3v) is 4.58. The third-order valence-electron chi connectivity index (χ3n) is 2.79. The molecule has 0 aliphatic rings. The maximum absolute atomic E-state index is 4.64. The van der Waals surface area contributed by atoms with Crippen LogP contribution in [0.5, 0.6) is 0 Å². The average Bonchev–Trinajstić information content (AvgIpc) is 2.35. The van der Waals surface area contributed by atoms with Gasteiger partial charge in [-0.3, -0.25) is 0 Å². The average molecular weight is 432 g/mol. The van der Waals surface area contributed by atoms with Gasteiger partial charge in [-0.15, -0.1) is 0 Å².